The second-order valence-corrected chi connectivity index (χ2v) is 11.7. The number of benzene rings is 2. The van der Waals surface area contributed by atoms with Crippen LogP contribution in [0, 0.1) is 5.82 Å². The molecule has 2 aromatic heterocycles. The molecule has 8 nitrogen and oxygen atoms in total. The van der Waals surface area contributed by atoms with Crippen molar-refractivity contribution in [1.82, 2.24) is 24.4 Å². The van der Waals surface area contributed by atoms with Gasteiger partial charge in [-0.05, 0) is 48.6 Å². The van der Waals surface area contributed by atoms with Crippen molar-refractivity contribution in [2.75, 3.05) is 0 Å². The van der Waals surface area contributed by atoms with Crippen LogP contribution in [0.25, 0.3) is 0 Å². The van der Waals surface area contributed by atoms with Gasteiger partial charge in [0.15, 0.2) is 5.72 Å². The van der Waals surface area contributed by atoms with Crippen molar-refractivity contribution in [2.45, 2.75) is 62.8 Å². The minimum atomic E-state index is -1.49. The average Bonchev–Trinajstić information content (AvgIpc) is 3.51. The molecule has 0 amide bonds. The number of nitrogens with zero attached hydrogens (tertiary/aromatic N) is 5. The van der Waals surface area contributed by atoms with E-state index in [2.05, 4.69) is 15.0 Å². The fourth-order valence-electron chi connectivity index (χ4n) is 5.88. The van der Waals surface area contributed by atoms with Gasteiger partial charge in [0, 0.05) is 48.3 Å². The van der Waals surface area contributed by atoms with Crippen LogP contribution in [0.15, 0.2) is 61.3 Å². The molecule has 0 radical (unpaired) electrons. The average molecular weight is 599 g/mol. The number of fused-ring (bicyclic) bond motifs is 1. The maximum Gasteiger partial charge on any atom is 0.178 e. The van der Waals surface area contributed by atoms with Gasteiger partial charge in [-0.3, -0.25) is 4.90 Å². The Morgan fingerprint density at radius 2 is 1.80 bits per heavy atom. The maximum atomic E-state index is 16.6. The Bertz CT molecular complexity index is 1560. The number of hydrogen-bond acceptors (Lipinski definition) is 7. The van der Waals surface area contributed by atoms with Crippen molar-refractivity contribution in [3.05, 3.63) is 111 Å². The zero-order chi connectivity index (χ0) is 28.9. The lowest BCUT2D eigenvalue weighted by Gasteiger charge is -2.45. The van der Waals surface area contributed by atoms with Crippen LogP contribution in [0.1, 0.15) is 60.0 Å². The predicted molar refractivity (Wildman–Crippen MR) is 152 cm³/mol. The normalized spacial score (nSPS) is 23.7. The smallest absolute Gasteiger partial charge is 0.178 e. The molecule has 6 rings (SSSR count). The Hall–Kier alpha value is -2.92. The van der Waals surface area contributed by atoms with E-state index >= 15 is 4.39 Å². The lowest BCUT2D eigenvalue weighted by molar-refractivity contribution is -0.204. The molecule has 1 unspecified atom stereocenters. The highest BCUT2D eigenvalue weighted by molar-refractivity contribution is 6.30. The molecule has 2 aliphatic rings. The second kappa shape index (κ2) is 10.7. The van der Waals surface area contributed by atoms with Crippen molar-refractivity contribution in [1.29, 1.82) is 0 Å². The molecule has 214 valence electrons. The third-order valence-electron chi connectivity index (χ3n) is 8.08. The van der Waals surface area contributed by atoms with Gasteiger partial charge in [0.25, 0.3) is 0 Å². The molecule has 1 aliphatic heterocycles. The summed E-state index contributed by atoms with van der Waals surface area (Å²) in [5.41, 5.74) is -0.334. The number of halogens is 3. The van der Waals surface area contributed by atoms with E-state index in [0.29, 0.717) is 63.1 Å². The van der Waals surface area contributed by atoms with E-state index in [1.165, 1.54) is 18.5 Å². The molecule has 2 aromatic carbocycles. The molecule has 1 fully saturated rings. The van der Waals surface area contributed by atoms with Gasteiger partial charge in [0.05, 0.1) is 35.8 Å². The first kappa shape index (κ1) is 28.2. The monoisotopic (exact) mass is 597 g/mol. The van der Waals surface area contributed by atoms with Gasteiger partial charge in [-0.15, -0.1) is 0 Å². The summed E-state index contributed by atoms with van der Waals surface area (Å²) in [5, 5.41) is 22.8. The first-order chi connectivity index (χ1) is 19.6. The summed E-state index contributed by atoms with van der Waals surface area (Å²) in [7, 11) is 1.82. The number of hydrogen-bond donors (Lipinski definition) is 2. The Morgan fingerprint density at radius 3 is 2.41 bits per heavy atom. The maximum absolute atomic E-state index is 16.6. The summed E-state index contributed by atoms with van der Waals surface area (Å²) >= 11 is 12.3. The highest BCUT2D eigenvalue weighted by atomic mass is 35.5. The quantitative estimate of drug-likeness (QED) is 0.293. The van der Waals surface area contributed by atoms with Crippen LogP contribution >= 0.6 is 23.2 Å². The number of aliphatic hydroxyl groups excluding tert-OH is 1. The minimum Gasteiger partial charge on any atom is -0.393 e. The van der Waals surface area contributed by atoms with Crippen molar-refractivity contribution >= 4 is 23.2 Å². The third-order valence-corrected chi connectivity index (χ3v) is 8.53. The summed E-state index contributed by atoms with van der Waals surface area (Å²) in [6.45, 7) is 2.34. The van der Waals surface area contributed by atoms with Crippen LogP contribution in [0.2, 0.25) is 10.0 Å². The zero-order valence-electron chi connectivity index (χ0n) is 22.6. The number of aromatic nitrogens is 4. The van der Waals surface area contributed by atoms with Gasteiger partial charge >= 0.3 is 0 Å². The Labute approximate surface area is 247 Å². The molecule has 1 aliphatic carbocycles. The van der Waals surface area contributed by atoms with Crippen LogP contribution in [0.5, 0.6) is 0 Å². The Balaban J connectivity index is 1.53. The molecule has 3 heterocycles. The lowest BCUT2D eigenvalue weighted by Crippen LogP contribution is -2.50. The molecule has 1 saturated carbocycles. The first-order valence-corrected chi connectivity index (χ1v) is 14.3. The van der Waals surface area contributed by atoms with Gasteiger partial charge in [0.1, 0.15) is 17.2 Å². The molecular weight excluding hydrogens is 568 g/mol. The number of rotatable bonds is 8. The van der Waals surface area contributed by atoms with Gasteiger partial charge in [-0.1, -0.05) is 48.3 Å². The second-order valence-electron chi connectivity index (χ2n) is 10.8. The van der Waals surface area contributed by atoms with E-state index in [0.717, 1.165) is 0 Å². The van der Waals surface area contributed by atoms with Crippen molar-refractivity contribution in [3.63, 3.8) is 0 Å². The highest BCUT2D eigenvalue weighted by Gasteiger charge is 2.53. The van der Waals surface area contributed by atoms with Crippen LogP contribution < -0.4 is 0 Å². The van der Waals surface area contributed by atoms with E-state index in [-0.39, 0.29) is 19.2 Å². The van der Waals surface area contributed by atoms with Crippen LogP contribution in [0.3, 0.4) is 0 Å². The first-order valence-electron chi connectivity index (χ1n) is 13.5. The molecule has 0 saturated heterocycles. The standard InChI is InChI=1S/C30H30Cl2FN5O3/c1-3-29(40,26-15-37(2)17-36-26)20-8-18-14-38(16-27-34-12-22(32)13-35-27)30(28(18)25(33)9-20,41-24-10-23(39)11-24)19-4-6-21(31)7-5-19/h4-9,12-13,15,17,23-24,39-40H,3,10-11,14,16H2,1-2H3/t23-,24+,29?,30-/m1/s1. The molecular formula is C30H30Cl2FN5O3. The number of imidazole rings is 1. The van der Waals surface area contributed by atoms with Crippen molar-refractivity contribution in [3.8, 4) is 0 Å². The molecule has 4 aromatic rings. The minimum absolute atomic E-state index is 0.219. The topological polar surface area (TPSA) is 96.5 Å². The van der Waals surface area contributed by atoms with Crippen molar-refractivity contribution in [2.24, 2.45) is 7.05 Å². The molecule has 0 spiro atoms. The van der Waals surface area contributed by atoms with Crippen LogP contribution in [0.4, 0.5) is 4.39 Å². The lowest BCUT2D eigenvalue weighted by atomic mass is 9.84. The summed E-state index contributed by atoms with van der Waals surface area (Å²) in [4.78, 5) is 15.1. The van der Waals surface area contributed by atoms with E-state index in [9.17, 15) is 10.2 Å². The van der Waals surface area contributed by atoms with Crippen LogP contribution in [-0.4, -0.2) is 46.8 Å². The molecule has 11 heteroatoms. The Morgan fingerprint density at radius 1 is 1.10 bits per heavy atom. The number of ether oxygens (including phenoxy) is 1. The highest BCUT2D eigenvalue weighted by Crippen LogP contribution is 2.51. The van der Waals surface area contributed by atoms with E-state index < -0.39 is 23.2 Å². The third kappa shape index (κ3) is 4.94. The SMILES string of the molecule is CCC(O)(c1cc(F)c2c(c1)CN(Cc1ncc(Cl)cn1)[C@@]2(O[C@H]1C[C@@H](O)C1)c1ccc(Cl)cc1)c1cn(C)cn1. The van der Waals surface area contributed by atoms with Gasteiger partial charge in [-0.2, -0.15) is 0 Å². The largest absolute Gasteiger partial charge is 0.393 e. The van der Waals surface area contributed by atoms with E-state index in [1.54, 1.807) is 29.2 Å². The van der Waals surface area contributed by atoms with Crippen molar-refractivity contribution < 1.29 is 19.3 Å². The number of aliphatic hydroxyl groups is 2. The fourth-order valence-corrected chi connectivity index (χ4v) is 6.10. The van der Waals surface area contributed by atoms with Gasteiger partial charge < -0.3 is 19.5 Å². The summed E-state index contributed by atoms with van der Waals surface area (Å²) < 4.78 is 25.2. The zero-order valence-corrected chi connectivity index (χ0v) is 24.1. The summed E-state index contributed by atoms with van der Waals surface area (Å²) in [5.74, 6) is -0.0355. The number of aryl methyl sites for hydroxylation is 1. The van der Waals surface area contributed by atoms with E-state index in [1.807, 2.05) is 37.1 Å². The Kier molecular flexibility index (Phi) is 7.38. The van der Waals surface area contributed by atoms with Crippen LogP contribution in [-0.2, 0) is 36.2 Å². The van der Waals surface area contributed by atoms with E-state index in [4.69, 9.17) is 27.9 Å². The fraction of sp³-hybridized carbons (Fsp3) is 0.367. The van der Waals surface area contributed by atoms with Gasteiger partial charge in [0.2, 0.25) is 0 Å². The summed E-state index contributed by atoms with van der Waals surface area (Å²) in [6, 6.07) is 10.4. The molecule has 2 N–H and O–H groups in total. The molecule has 0 bridgehead atoms. The molecule has 41 heavy (non-hydrogen) atoms. The molecule has 2 atom stereocenters. The van der Waals surface area contributed by atoms with Gasteiger partial charge in [-0.25, -0.2) is 19.3 Å². The predicted octanol–water partition coefficient (Wildman–Crippen LogP) is 5.06. The summed E-state index contributed by atoms with van der Waals surface area (Å²) in [6.07, 6.45) is 6.78.